The van der Waals surface area contributed by atoms with Gasteiger partial charge in [-0.3, -0.25) is 5.32 Å². The molecule has 0 aliphatic carbocycles. The standard InChI is InChI=1S/C9H21NO/c1-4-6-7-8-11-9(5-2)10-3/h9-10H,4-8H2,1-3H3. The second-order valence-corrected chi connectivity index (χ2v) is 2.76. The molecular formula is C9H21NO. The highest BCUT2D eigenvalue weighted by Gasteiger charge is 2.00. The van der Waals surface area contributed by atoms with Crippen molar-refractivity contribution in [3.8, 4) is 0 Å². The number of hydrogen-bond acceptors (Lipinski definition) is 2. The average molecular weight is 159 g/mol. The fourth-order valence-electron chi connectivity index (χ4n) is 0.983. The summed E-state index contributed by atoms with van der Waals surface area (Å²) in [6, 6.07) is 0. The molecule has 0 aromatic heterocycles. The molecule has 2 nitrogen and oxygen atoms in total. The lowest BCUT2D eigenvalue weighted by Crippen LogP contribution is -2.27. The van der Waals surface area contributed by atoms with Crippen LogP contribution in [-0.4, -0.2) is 19.9 Å². The predicted molar refractivity (Wildman–Crippen MR) is 48.6 cm³/mol. The molecule has 2 heteroatoms. The van der Waals surface area contributed by atoms with Gasteiger partial charge in [-0.1, -0.05) is 26.7 Å². The van der Waals surface area contributed by atoms with Crippen LogP contribution in [0.3, 0.4) is 0 Å². The second kappa shape index (κ2) is 8.02. The molecular weight excluding hydrogens is 138 g/mol. The van der Waals surface area contributed by atoms with Gasteiger partial charge in [-0.25, -0.2) is 0 Å². The zero-order valence-corrected chi connectivity index (χ0v) is 8.02. The van der Waals surface area contributed by atoms with Gasteiger partial charge in [0, 0.05) is 6.61 Å². The Hall–Kier alpha value is -0.0800. The van der Waals surface area contributed by atoms with E-state index in [1.807, 2.05) is 7.05 Å². The molecule has 0 heterocycles. The molecule has 0 aliphatic heterocycles. The summed E-state index contributed by atoms with van der Waals surface area (Å²) >= 11 is 0. The van der Waals surface area contributed by atoms with Gasteiger partial charge in [0.25, 0.3) is 0 Å². The van der Waals surface area contributed by atoms with E-state index in [1.54, 1.807) is 0 Å². The van der Waals surface area contributed by atoms with Gasteiger partial charge in [0.15, 0.2) is 0 Å². The summed E-state index contributed by atoms with van der Waals surface area (Å²) in [4.78, 5) is 0. The smallest absolute Gasteiger partial charge is 0.107 e. The van der Waals surface area contributed by atoms with E-state index in [4.69, 9.17) is 4.74 Å². The van der Waals surface area contributed by atoms with Crippen LogP contribution in [0.4, 0.5) is 0 Å². The third-order valence-electron chi connectivity index (χ3n) is 1.76. The van der Waals surface area contributed by atoms with Crippen LogP contribution in [0.5, 0.6) is 0 Å². The molecule has 0 saturated heterocycles. The van der Waals surface area contributed by atoms with Crippen molar-refractivity contribution >= 4 is 0 Å². The molecule has 0 saturated carbocycles. The van der Waals surface area contributed by atoms with Crippen molar-refractivity contribution < 1.29 is 4.74 Å². The largest absolute Gasteiger partial charge is 0.363 e. The van der Waals surface area contributed by atoms with Crippen LogP contribution in [-0.2, 0) is 4.74 Å². The van der Waals surface area contributed by atoms with Crippen LogP contribution in [0.1, 0.15) is 39.5 Å². The molecule has 1 unspecified atom stereocenters. The maximum atomic E-state index is 5.53. The third kappa shape index (κ3) is 6.32. The van der Waals surface area contributed by atoms with Gasteiger partial charge in [-0.05, 0) is 19.9 Å². The van der Waals surface area contributed by atoms with E-state index in [0.29, 0.717) is 0 Å². The number of rotatable bonds is 7. The van der Waals surface area contributed by atoms with Crippen LogP contribution >= 0.6 is 0 Å². The molecule has 0 rings (SSSR count). The van der Waals surface area contributed by atoms with Gasteiger partial charge < -0.3 is 4.74 Å². The summed E-state index contributed by atoms with van der Waals surface area (Å²) in [6.45, 7) is 5.23. The van der Waals surface area contributed by atoms with Crippen LogP contribution in [0.15, 0.2) is 0 Å². The Balaban J connectivity index is 3.07. The molecule has 0 bridgehead atoms. The first kappa shape index (κ1) is 10.9. The maximum absolute atomic E-state index is 5.53. The molecule has 0 aromatic carbocycles. The van der Waals surface area contributed by atoms with E-state index in [0.717, 1.165) is 13.0 Å². The number of nitrogens with one attached hydrogen (secondary N) is 1. The zero-order chi connectivity index (χ0) is 8.53. The Morgan fingerprint density at radius 2 is 2.00 bits per heavy atom. The fraction of sp³-hybridized carbons (Fsp3) is 1.00. The molecule has 0 aliphatic rings. The van der Waals surface area contributed by atoms with Gasteiger partial charge in [-0.15, -0.1) is 0 Å². The minimum atomic E-state index is 0.256. The minimum absolute atomic E-state index is 0.256. The maximum Gasteiger partial charge on any atom is 0.107 e. The average Bonchev–Trinajstić information content (AvgIpc) is 2.05. The Morgan fingerprint density at radius 1 is 1.27 bits per heavy atom. The van der Waals surface area contributed by atoms with Crippen molar-refractivity contribution in [3.05, 3.63) is 0 Å². The molecule has 11 heavy (non-hydrogen) atoms. The van der Waals surface area contributed by atoms with Crippen LogP contribution in [0.25, 0.3) is 0 Å². The van der Waals surface area contributed by atoms with E-state index >= 15 is 0 Å². The molecule has 68 valence electrons. The van der Waals surface area contributed by atoms with Crippen LogP contribution < -0.4 is 5.32 Å². The molecule has 0 spiro atoms. The van der Waals surface area contributed by atoms with Gasteiger partial charge in [0.2, 0.25) is 0 Å². The first-order chi connectivity index (χ1) is 5.35. The summed E-state index contributed by atoms with van der Waals surface area (Å²) in [6.07, 6.45) is 5.03. The normalized spacial score (nSPS) is 13.4. The van der Waals surface area contributed by atoms with E-state index in [1.165, 1.54) is 19.3 Å². The van der Waals surface area contributed by atoms with Crippen molar-refractivity contribution in [1.82, 2.24) is 5.32 Å². The van der Waals surface area contributed by atoms with Gasteiger partial charge in [0.05, 0.1) is 0 Å². The Bertz CT molecular complexity index is 72.0. The first-order valence-corrected chi connectivity index (χ1v) is 4.64. The van der Waals surface area contributed by atoms with Crippen molar-refractivity contribution in [2.45, 2.75) is 45.8 Å². The lowest BCUT2D eigenvalue weighted by Gasteiger charge is -2.14. The topological polar surface area (TPSA) is 21.3 Å². The van der Waals surface area contributed by atoms with Gasteiger partial charge in [0.1, 0.15) is 6.23 Å². The summed E-state index contributed by atoms with van der Waals surface area (Å²) < 4.78 is 5.53. The lowest BCUT2D eigenvalue weighted by molar-refractivity contribution is 0.0305. The van der Waals surface area contributed by atoms with Crippen molar-refractivity contribution in [2.24, 2.45) is 0 Å². The Labute approximate surface area is 70.3 Å². The molecule has 0 radical (unpaired) electrons. The van der Waals surface area contributed by atoms with Crippen molar-refractivity contribution in [1.29, 1.82) is 0 Å². The number of unbranched alkanes of at least 4 members (excludes halogenated alkanes) is 2. The molecule has 0 aromatic rings. The molecule has 1 atom stereocenters. The molecule has 0 fully saturated rings. The SMILES string of the molecule is CCCCCOC(CC)NC. The van der Waals surface area contributed by atoms with Gasteiger partial charge in [-0.2, -0.15) is 0 Å². The lowest BCUT2D eigenvalue weighted by atomic mass is 10.3. The fourth-order valence-corrected chi connectivity index (χ4v) is 0.983. The highest BCUT2D eigenvalue weighted by atomic mass is 16.5. The summed E-state index contributed by atoms with van der Waals surface area (Å²) in [5.41, 5.74) is 0. The Morgan fingerprint density at radius 3 is 2.45 bits per heavy atom. The van der Waals surface area contributed by atoms with Gasteiger partial charge >= 0.3 is 0 Å². The van der Waals surface area contributed by atoms with Crippen LogP contribution in [0.2, 0.25) is 0 Å². The van der Waals surface area contributed by atoms with E-state index in [-0.39, 0.29) is 6.23 Å². The quantitative estimate of drug-likeness (QED) is 0.454. The molecule has 1 N–H and O–H groups in total. The van der Waals surface area contributed by atoms with Crippen molar-refractivity contribution in [3.63, 3.8) is 0 Å². The predicted octanol–water partition coefficient (Wildman–Crippen LogP) is 2.15. The van der Waals surface area contributed by atoms with E-state index < -0.39 is 0 Å². The number of hydrogen-bond donors (Lipinski definition) is 1. The van der Waals surface area contributed by atoms with Crippen LogP contribution in [0, 0.1) is 0 Å². The highest BCUT2D eigenvalue weighted by Crippen LogP contribution is 1.98. The summed E-state index contributed by atoms with van der Waals surface area (Å²) in [7, 11) is 1.94. The molecule has 0 amide bonds. The summed E-state index contributed by atoms with van der Waals surface area (Å²) in [5.74, 6) is 0. The zero-order valence-electron chi connectivity index (χ0n) is 8.02. The first-order valence-electron chi connectivity index (χ1n) is 4.64. The minimum Gasteiger partial charge on any atom is -0.363 e. The van der Waals surface area contributed by atoms with E-state index in [2.05, 4.69) is 19.2 Å². The summed E-state index contributed by atoms with van der Waals surface area (Å²) in [5, 5.41) is 3.11. The number of ether oxygens (including phenoxy) is 1. The Kier molecular flexibility index (Phi) is 7.96. The van der Waals surface area contributed by atoms with E-state index in [9.17, 15) is 0 Å². The highest BCUT2D eigenvalue weighted by molar-refractivity contribution is 4.47. The third-order valence-corrected chi connectivity index (χ3v) is 1.76. The monoisotopic (exact) mass is 159 g/mol. The second-order valence-electron chi connectivity index (χ2n) is 2.76. The van der Waals surface area contributed by atoms with Crippen molar-refractivity contribution in [2.75, 3.05) is 13.7 Å².